The van der Waals surface area contributed by atoms with Gasteiger partial charge in [0.1, 0.15) is 0 Å². The molecular formula is C21H27F3IN5. The number of guanidine groups is 1. The second-order valence-corrected chi connectivity index (χ2v) is 6.83. The minimum atomic E-state index is -4.34. The molecule has 0 aliphatic carbocycles. The lowest BCUT2D eigenvalue weighted by atomic mass is 10.1. The second-order valence-electron chi connectivity index (χ2n) is 6.83. The van der Waals surface area contributed by atoms with Crippen molar-refractivity contribution in [2.75, 3.05) is 13.6 Å². The van der Waals surface area contributed by atoms with Crippen LogP contribution in [0, 0.1) is 25.7 Å². The Morgan fingerprint density at radius 1 is 1.23 bits per heavy atom. The average molecular weight is 533 g/mol. The predicted molar refractivity (Wildman–Crippen MR) is 124 cm³/mol. The van der Waals surface area contributed by atoms with Crippen LogP contribution in [0.25, 0.3) is 0 Å². The van der Waals surface area contributed by atoms with Crippen molar-refractivity contribution in [1.82, 2.24) is 20.4 Å². The van der Waals surface area contributed by atoms with Gasteiger partial charge in [0.05, 0.1) is 17.8 Å². The summed E-state index contributed by atoms with van der Waals surface area (Å²) in [6.45, 7) is 6.43. The second kappa shape index (κ2) is 11.2. The van der Waals surface area contributed by atoms with E-state index in [2.05, 4.69) is 39.5 Å². The first-order valence-electron chi connectivity index (χ1n) is 9.24. The maximum Gasteiger partial charge on any atom is 0.416 e. The number of nitrogens with one attached hydrogen (secondary N) is 2. The van der Waals surface area contributed by atoms with Gasteiger partial charge in [-0.1, -0.05) is 11.8 Å². The van der Waals surface area contributed by atoms with Gasteiger partial charge < -0.3 is 10.6 Å². The van der Waals surface area contributed by atoms with Crippen molar-refractivity contribution in [2.24, 2.45) is 12.0 Å². The zero-order valence-electron chi connectivity index (χ0n) is 17.7. The van der Waals surface area contributed by atoms with E-state index in [1.807, 2.05) is 25.6 Å². The van der Waals surface area contributed by atoms with Crippen molar-refractivity contribution in [2.45, 2.75) is 39.4 Å². The number of aromatic nitrogens is 2. The van der Waals surface area contributed by atoms with Gasteiger partial charge in [-0.05, 0) is 57.0 Å². The van der Waals surface area contributed by atoms with Crippen LogP contribution in [0.4, 0.5) is 13.2 Å². The number of halogens is 4. The number of benzene rings is 1. The Labute approximate surface area is 192 Å². The van der Waals surface area contributed by atoms with Gasteiger partial charge >= 0.3 is 6.18 Å². The summed E-state index contributed by atoms with van der Waals surface area (Å²) in [6, 6.07) is 4.92. The van der Waals surface area contributed by atoms with Crippen molar-refractivity contribution in [3.8, 4) is 11.8 Å². The topological polar surface area (TPSA) is 54.2 Å². The zero-order chi connectivity index (χ0) is 21.6. The molecule has 1 aromatic heterocycles. The molecule has 30 heavy (non-hydrogen) atoms. The molecule has 1 atom stereocenters. The van der Waals surface area contributed by atoms with Gasteiger partial charge in [0.15, 0.2) is 5.96 Å². The van der Waals surface area contributed by atoms with Crippen LogP contribution < -0.4 is 10.6 Å². The maximum absolute atomic E-state index is 12.6. The van der Waals surface area contributed by atoms with E-state index in [-0.39, 0.29) is 30.0 Å². The Morgan fingerprint density at radius 2 is 1.87 bits per heavy atom. The highest BCUT2D eigenvalue weighted by molar-refractivity contribution is 14.0. The van der Waals surface area contributed by atoms with E-state index in [9.17, 15) is 13.2 Å². The minimum Gasteiger partial charge on any atom is -0.354 e. The number of aryl methyl sites for hydroxylation is 2. The van der Waals surface area contributed by atoms with Crippen LogP contribution in [0.2, 0.25) is 0 Å². The fourth-order valence-corrected chi connectivity index (χ4v) is 2.91. The molecule has 0 saturated carbocycles. The number of rotatable bonds is 4. The van der Waals surface area contributed by atoms with Crippen LogP contribution in [0.15, 0.2) is 29.3 Å². The van der Waals surface area contributed by atoms with E-state index in [0.29, 0.717) is 18.1 Å². The number of hydrogen-bond acceptors (Lipinski definition) is 2. The van der Waals surface area contributed by atoms with E-state index in [0.717, 1.165) is 29.9 Å². The molecule has 164 valence electrons. The van der Waals surface area contributed by atoms with Gasteiger partial charge in [-0.15, -0.1) is 24.0 Å². The summed E-state index contributed by atoms with van der Waals surface area (Å²) >= 11 is 0. The van der Waals surface area contributed by atoms with Crippen LogP contribution in [-0.2, 0) is 19.6 Å². The molecule has 0 aliphatic heterocycles. The first-order chi connectivity index (χ1) is 13.6. The zero-order valence-corrected chi connectivity index (χ0v) is 20.0. The molecule has 0 spiro atoms. The highest BCUT2D eigenvalue weighted by Gasteiger charge is 2.29. The molecule has 0 fully saturated rings. The number of alkyl halides is 3. The van der Waals surface area contributed by atoms with E-state index in [4.69, 9.17) is 0 Å². The molecule has 2 N–H and O–H groups in total. The smallest absolute Gasteiger partial charge is 0.354 e. The third kappa shape index (κ3) is 7.23. The third-order valence-electron chi connectivity index (χ3n) is 4.57. The minimum absolute atomic E-state index is 0. The Bertz CT molecular complexity index is 921. The number of aliphatic imine (C=N–C) groups is 1. The average Bonchev–Trinajstić information content (AvgIpc) is 2.90. The summed E-state index contributed by atoms with van der Waals surface area (Å²) in [7, 11) is 3.60. The highest BCUT2D eigenvalue weighted by atomic mass is 127. The number of nitrogens with zero attached hydrogens (tertiary/aromatic N) is 3. The Morgan fingerprint density at radius 3 is 2.37 bits per heavy atom. The molecular weight excluding hydrogens is 506 g/mol. The third-order valence-corrected chi connectivity index (χ3v) is 4.57. The van der Waals surface area contributed by atoms with Crippen LogP contribution in [0.1, 0.15) is 35.0 Å². The van der Waals surface area contributed by atoms with E-state index in [1.54, 1.807) is 7.05 Å². The summed E-state index contributed by atoms with van der Waals surface area (Å²) in [5, 5.41) is 10.8. The quantitative estimate of drug-likeness (QED) is 0.272. The van der Waals surface area contributed by atoms with Crippen LogP contribution in [0.5, 0.6) is 0 Å². The molecule has 1 heterocycles. The van der Waals surface area contributed by atoms with Gasteiger partial charge in [0.2, 0.25) is 0 Å². The van der Waals surface area contributed by atoms with Crippen molar-refractivity contribution < 1.29 is 13.2 Å². The molecule has 2 aromatic rings. The maximum atomic E-state index is 12.6. The molecule has 1 aromatic carbocycles. The molecule has 0 radical (unpaired) electrons. The van der Waals surface area contributed by atoms with Crippen molar-refractivity contribution in [1.29, 1.82) is 0 Å². The molecule has 9 heteroatoms. The first-order valence-corrected chi connectivity index (χ1v) is 9.24. The Hall–Kier alpha value is -2.22. The first kappa shape index (κ1) is 25.8. The van der Waals surface area contributed by atoms with E-state index in [1.165, 1.54) is 17.7 Å². The van der Waals surface area contributed by atoms with Crippen molar-refractivity contribution in [3.05, 3.63) is 52.3 Å². The Kier molecular flexibility index (Phi) is 9.68. The van der Waals surface area contributed by atoms with Gasteiger partial charge in [-0.25, -0.2) is 0 Å². The van der Waals surface area contributed by atoms with Gasteiger partial charge in [0.25, 0.3) is 0 Å². The fourth-order valence-electron chi connectivity index (χ4n) is 2.91. The van der Waals surface area contributed by atoms with Gasteiger partial charge in [-0.3, -0.25) is 9.67 Å². The lowest BCUT2D eigenvalue weighted by Crippen LogP contribution is -2.43. The molecule has 0 aliphatic rings. The summed E-state index contributed by atoms with van der Waals surface area (Å²) in [4.78, 5) is 4.18. The normalized spacial score (nSPS) is 12.5. The molecule has 0 bridgehead atoms. The predicted octanol–water partition coefficient (Wildman–Crippen LogP) is 3.82. The monoisotopic (exact) mass is 533 g/mol. The standard InChI is InChI=1S/C21H26F3N5.HI/c1-14(13-19-15(2)28-29(5)16(19)3)27-20(25-4)26-12-6-7-17-8-10-18(11-9-17)21(22,23)24;/h8-11,14H,12-13H2,1-5H3,(H2,25,26,27);1H. The van der Waals surface area contributed by atoms with Crippen molar-refractivity contribution >= 4 is 29.9 Å². The lowest BCUT2D eigenvalue weighted by Gasteiger charge is -2.17. The molecule has 0 amide bonds. The largest absolute Gasteiger partial charge is 0.416 e. The molecule has 1 unspecified atom stereocenters. The van der Waals surface area contributed by atoms with Gasteiger partial charge in [-0.2, -0.15) is 18.3 Å². The summed E-state index contributed by atoms with van der Waals surface area (Å²) < 4.78 is 39.6. The van der Waals surface area contributed by atoms with Crippen LogP contribution >= 0.6 is 24.0 Å². The van der Waals surface area contributed by atoms with Crippen molar-refractivity contribution in [3.63, 3.8) is 0 Å². The molecule has 5 nitrogen and oxygen atoms in total. The summed E-state index contributed by atoms with van der Waals surface area (Å²) in [5.41, 5.74) is 3.22. The number of hydrogen-bond donors (Lipinski definition) is 2. The van der Waals surface area contributed by atoms with Crippen LogP contribution in [0.3, 0.4) is 0 Å². The van der Waals surface area contributed by atoms with E-state index >= 15 is 0 Å². The van der Waals surface area contributed by atoms with Gasteiger partial charge in [0, 0.05) is 31.4 Å². The SMILES string of the molecule is CN=C(NCC#Cc1ccc(C(F)(F)F)cc1)NC(C)Cc1c(C)nn(C)c1C.I. The summed E-state index contributed by atoms with van der Waals surface area (Å²) in [6.07, 6.45) is -3.53. The molecule has 0 saturated heterocycles. The van der Waals surface area contributed by atoms with Crippen LogP contribution in [-0.4, -0.2) is 35.4 Å². The summed E-state index contributed by atoms with van der Waals surface area (Å²) in [5.74, 6) is 6.34. The highest BCUT2D eigenvalue weighted by Crippen LogP contribution is 2.28. The lowest BCUT2D eigenvalue weighted by molar-refractivity contribution is -0.137. The van der Waals surface area contributed by atoms with E-state index < -0.39 is 11.7 Å². The fraction of sp³-hybridized carbons (Fsp3) is 0.429. The Balaban J connectivity index is 0.00000450. The molecule has 2 rings (SSSR count).